The fourth-order valence-electron chi connectivity index (χ4n) is 3.24. The molecule has 0 aliphatic carbocycles. The number of rotatable bonds is 6. The van der Waals surface area contributed by atoms with E-state index in [2.05, 4.69) is 79.3 Å². The van der Waals surface area contributed by atoms with Crippen molar-refractivity contribution in [3.63, 3.8) is 0 Å². The Bertz CT molecular complexity index is 518. The first-order chi connectivity index (χ1) is 12.0. The lowest BCUT2D eigenvalue weighted by molar-refractivity contribution is 0.0897. The predicted octanol–water partition coefficient (Wildman–Crippen LogP) is 1.97. The number of hydrogen-bond acceptors (Lipinski definition) is 3. The molecule has 5 nitrogen and oxygen atoms in total. The van der Waals surface area contributed by atoms with Crippen LogP contribution in [0.15, 0.2) is 35.3 Å². The summed E-state index contributed by atoms with van der Waals surface area (Å²) in [4.78, 5) is 11.9. The van der Waals surface area contributed by atoms with Gasteiger partial charge in [-0.05, 0) is 18.5 Å². The minimum Gasteiger partial charge on any atom is -0.355 e. The zero-order valence-electron chi connectivity index (χ0n) is 16.6. The van der Waals surface area contributed by atoms with E-state index >= 15 is 0 Å². The number of nitrogens with one attached hydrogen (secondary N) is 1. The largest absolute Gasteiger partial charge is 0.355 e. The SMILES string of the molecule is CC(C)C(CNC(=NCc1ccccc1)N(C)C)N1CCN(C)CC1. The third kappa shape index (κ3) is 6.33. The Morgan fingerprint density at radius 1 is 1.12 bits per heavy atom. The molecule has 1 fully saturated rings. The first-order valence-electron chi connectivity index (χ1n) is 9.39. The third-order valence-electron chi connectivity index (χ3n) is 4.92. The minimum atomic E-state index is 0.538. The van der Waals surface area contributed by atoms with Crippen LogP contribution in [0.25, 0.3) is 0 Å². The van der Waals surface area contributed by atoms with Crippen molar-refractivity contribution >= 4 is 5.96 Å². The fourth-order valence-corrected chi connectivity index (χ4v) is 3.24. The summed E-state index contributed by atoms with van der Waals surface area (Å²) in [6.07, 6.45) is 0. The number of guanidine groups is 1. The number of benzene rings is 1. The van der Waals surface area contributed by atoms with Crippen LogP contribution in [-0.2, 0) is 6.54 Å². The van der Waals surface area contributed by atoms with Crippen LogP contribution in [0.4, 0.5) is 0 Å². The van der Waals surface area contributed by atoms with Gasteiger partial charge in [0.15, 0.2) is 5.96 Å². The van der Waals surface area contributed by atoms with Gasteiger partial charge < -0.3 is 15.1 Å². The van der Waals surface area contributed by atoms with E-state index in [1.54, 1.807) is 0 Å². The second kappa shape index (κ2) is 9.78. The first-order valence-corrected chi connectivity index (χ1v) is 9.39. The van der Waals surface area contributed by atoms with Crippen molar-refractivity contribution in [1.82, 2.24) is 20.0 Å². The predicted molar refractivity (Wildman–Crippen MR) is 107 cm³/mol. The van der Waals surface area contributed by atoms with Gasteiger partial charge in [-0.15, -0.1) is 0 Å². The molecule has 1 atom stereocenters. The molecule has 1 aliphatic rings. The standard InChI is InChI=1S/C20H35N5/c1-17(2)19(25-13-11-24(5)12-14-25)16-22-20(23(3)4)21-15-18-9-7-6-8-10-18/h6-10,17,19H,11-16H2,1-5H3,(H,21,22). The van der Waals surface area contributed by atoms with Gasteiger partial charge in [0.25, 0.3) is 0 Å². The Morgan fingerprint density at radius 2 is 1.76 bits per heavy atom. The van der Waals surface area contributed by atoms with Crippen molar-refractivity contribution in [2.24, 2.45) is 10.9 Å². The first kappa shape index (κ1) is 19.7. The Labute approximate surface area is 153 Å². The molecule has 1 heterocycles. The van der Waals surface area contributed by atoms with Crippen LogP contribution >= 0.6 is 0 Å². The Kier molecular flexibility index (Phi) is 7.72. The normalized spacial score (nSPS) is 18.4. The smallest absolute Gasteiger partial charge is 0.193 e. The zero-order valence-corrected chi connectivity index (χ0v) is 16.6. The summed E-state index contributed by atoms with van der Waals surface area (Å²) in [6, 6.07) is 11.0. The van der Waals surface area contributed by atoms with Crippen LogP contribution in [0, 0.1) is 5.92 Å². The van der Waals surface area contributed by atoms with E-state index in [-0.39, 0.29) is 0 Å². The second-order valence-electron chi connectivity index (χ2n) is 7.55. The van der Waals surface area contributed by atoms with Gasteiger partial charge in [0.2, 0.25) is 0 Å². The fraction of sp³-hybridized carbons (Fsp3) is 0.650. The highest BCUT2D eigenvalue weighted by Gasteiger charge is 2.25. The number of hydrogen-bond donors (Lipinski definition) is 1. The van der Waals surface area contributed by atoms with E-state index in [4.69, 9.17) is 4.99 Å². The number of likely N-dealkylation sites (N-methyl/N-ethyl adjacent to an activating group) is 1. The molecule has 0 amide bonds. The van der Waals surface area contributed by atoms with E-state index in [0.29, 0.717) is 18.5 Å². The molecule has 0 saturated carbocycles. The minimum absolute atomic E-state index is 0.538. The Morgan fingerprint density at radius 3 is 2.32 bits per heavy atom. The van der Waals surface area contributed by atoms with Crippen molar-refractivity contribution in [2.75, 3.05) is 53.9 Å². The van der Waals surface area contributed by atoms with Crippen LogP contribution in [0.1, 0.15) is 19.4 Å². The monoisotopic (exact) mass is 345 g/mol. The molecule has 2 rings (SSSR count). The summed E-state index contributed by atoms with van der Waals surface area (Å²) in [5.74, 6) is 1.58. The lowest BCUT2D eigenvalue weighted by Crippen LogP contribution is -2.55. The van der Waals surface area contributed by atoms with E-state index in [1.165, 1.54) is 5.56 Å². The molecular weight excluding hydrogens is 310 g/mol. The number of nitrogens with zero attached hydrogens (tertiary/aromatic N) is 4. The maximum atomic E-state index is 4.79. The van der Waals surface area contributed by atoms with E-state index < -0.39 is 0 Å². The van der Waals surface area contributed by atoms with Gasteiger partial charge in [-0.3, -0.25) is 4.90 Å². The maximum absolute atomic E-state index is 4.79. The van der Waals surface area contributed by atoms with Gasteiger partial charge in [0.05, 0.1) is 6.54 Å². The molecular formula is C20H35N5. The summed E-state index contributed by atoms with van der Waals surface area (Å²) in [6.45, 7) is 10.9. The van der Waals surface area contributed by atoms with Gasteiger partial charge >= 0.3 is 0 Å². The highest BCUT2D eigenvalue weighted by atomic mass is 15.3. The van der Waals surface area contributed by atoms with Gasteiger partial charge in [0, 0.05) is 52.9 Å². The second-order valence-corrected chi connectivity index (χ2v) is 7.55. The molecule has 1 aliphatic heterocycles. The molecule has 25 heavy (non-hydrogen) atoms. The highest BCUT2D eigenvalue weighted by Crippen LogP contribution is 2.13. The zero-order chi connectivity index (χ0) is 18.2. The summed E-state index contributed by atoms with van der Waals surface area (Å²) < 4.78 is 0. The average Bonchev–Trinajstić information content (AvgIpc) is 2.59. The van der Waals surface area contributed by atoms with E-state index in [9.17, 15) is 0 Å². The van der Waals surface area contributed by atoms with Gasteiger partial charge in [0.1, 0.15) is 0 Å². The van der Waals surface area contributed by atoms with Crippen LogP contribution in [-0.4, -0.2) is 80.6 Å². The number of aliphatic imine (C=N–C) groups is 1. The van der Waals surface area contributed by atoms with Crippen molar-refractivity contribution < 1.29 is 0 Å². The summed E-state index contributed by atoms with van der Waals surface area (Å²) in [7, 11) is 6.31. The molecule has 0 radical (unpaired) electrons. The maximum Gasteiger partial charge on any atom is 0.193 e. The molecule has 0 bridgehead atoms. The molecule has 1 N–H and O–H groups in total. The molecule has 1 aromatic carbocycles. The topological polar surface area (TPSA) is 34.1 Å². The van der Waals surface area contributed by atoms with Gasteiger partial charge in [-0.25, -0.2) is 4.99 Å². The number of piperazine rings is 1. The van der Waals surface area contributed by atoms with E-state index in [1.807, 2.05) is 6.07 Å². The molecule has 1 saturated heterocycles. The highest BCUT2D eigenvalue weighted by molar-refractivity contribution is 5.79. The van der Waals surface area contributed by atoms with E-state index in [0.717, 1.165) is 38.7 Å². The van der Waals surface area contributed by atoms with Crippen molar-refractivity contribution in [1.29, 1.82) is 0 Å². The van der Waals surface area contributed by atoms with Gasteiger partial charge in [-0.2, -0.15) is 0 Å². The van der Waals surface area contributed by atoms with Gasteiger partial charge in [-0.1, -0.05) is 44.2 Å². The summed E-state index contributed by atoms with van der Waals surface area (Å²) >= 11 is 0. The summed E-state index contributed by atoms with van der Waals surface area (Å²) in [5.41, 5.74) is 1.24. The van der Waals surface area contributed by atoms with Crippen LogP contribution in [0.2, 0.25) is 0 Å². The molecule has 0 spiro atoms. The Hall–Kier alpha value is -1.59. The lowest BCUT2D eigenvalue weighted by Gasteiger charge is -2.40. The van der Waals surface area contributed by atoms with Crippen molar-refractivity contribution in [3.05, 3.63) is 35.9 Å². The lowest BCUT2D eigenvalue weighted by atomic mass is 10.0. The summed E-state index contributed by atoms with van der Waals surface area (Å²) in [5, 5.41) is 3.60. The molecule has 5 heteroatoms. The average molecular weight is 346 g/mol. The van der Waals surface area contributed by atoms with Crippen molar-refractivity contribution in [2.45, 2.75) is 26.4 Å². The Balaban J connectivity index is 1.95. The molecule has 0 aromatic heterocycles. The third-order valence-corrected chi connectivity index (χ3v) is 4.92. The molecule has 140 valence electrons. The van der Waals surface area contributed by atoms with Crippen LogP contribution < -0.4 is 5.32 Å². The van der Waals surface area contributed by atoms with Crippen molar-refractivity contribution in [3.8, 4) is 0 Å². The molecule has 1 unspecified atom stereocenters. The molecule has 1 aromatic rings. The van der Waals surface area contributed by atoms with Crippen LogP contribution in [0.3, 0.4) is 0 Å². The van der Waals surface area contributed by atoms with Crippen LogP contribution in [0.5, 0.6) is 0 Å². The quantitative estimate of drug-likeness (QED) is 0.631.